The van der Waals surface area contributed by atoms with Crippen molar-refractivity contribution in [2.75, 3.05) is 0 Å². The molecular weight excluding hydrogens is 388 g/mol. The molecule has 0 spiro atoms. The molecule has 0 aliphatic rings. The van der Waals surface area contributed by atoms with Crippen molar-refractivity contribution in [1.29, 1.82) is 0 Å². The van der Waals surface area contributed by atoms with Crippen molar-refractivity contribution < 1.29 is 0 Å². The van der Waals surface area contributed by atoms with Gasteiger partial charge in [-0.15, -0.1) is 11.3 Å². The second kappa shape index (κ2) is 5.99. The molecule has 0 amide bonds. The standard InChI is InChI=1S/C17H13BrN4OS/c1-2-12-6-14-16(24-12)20-9-22(17(14)23)21-8-10-7-19-15-4-3-11(18)5-13(10)15/h3-9,19H,2H2,1H3/b21-8+. The van der Waals surface area contributed by atoms with Gasteiger partial charge in [0.25, 0.3) is 5.56 Å². The Balaban J connectivity index is 1.77. The first kappa shape index (κ1) is 15.3. The highest BCUT2D eigenvalue weighted by atomic mass is 79.9. The number of fused-ring (bicyclic) bond motifs is 2. The molecule has 5 nitrogen and oxygen atoms in total. The van der Waals surface area contributed by atoms with E-state index in [-0.39, 0.29) is 5.56 Å². The lowest BCUT2D eigenvalue weighted by molar-refractivity contribution is 0.819. The second-order valence-electron chi connectivity index (χ2n) is 5.36. The van der Waals surface area contributed by atoms with E-state index in [1.807, 2.05) is 30.5 Å². The van der Waals surface area contributed by atoms with Gasteiger partial charge in [-0.1, -0.05) is 22.9 Å². The molecule has 0 bridgehead atoms. The largest absolute Gasteiger partial charge is 0.361 e. The molecule has 0 saturated carbocycles. The van der Waals surface area contributed by atoms with Gasteiger partial charge in [0, 0.05) is 32.0 Å². The smallest absolute Gasteiger partial charge is 0.282 e. The fourth-order valence-corrected chi connectivity index (χ4v) is 3.85. The summed E-state index contributed by atoms with van der Waals surface area (Å²) in [4.78, 5) is 22.0. The lowest BCUT2D eigenvalue weighted by Crippen LogP contribution is -2.16. The van der Waals surface area contributed by atoms with Crippen LogP contribution in [0, 0.1) is 0 Å². The van der Waals surface area contributed by atoms with Gasteiger partial charge in [-0.3, -0.25) is 4.79 Å². The highest BCUT2D eigenvalue weighted by Crippen LogP contribution is 2.22. The van der Waals surface area contributed by atoms with Crippen molar-refractivity contribution in [2.45, 2.75) is 13.3 Å². The van der Waals surface area contributed by atoms with Gasteiger partial charge in [-0.2, -0.15) is 9.78 Å². The molecule has 120 valence electrons. The quantitative estimate of drug-likeness (QED) is 0.525. The average molecular weight is 401 g/mol. The number of aryl methyl sites for hydroxylation is 1. The van der Waals surface area contributed by atoms with Crippen LogP contribution in [0.3, 0.4) is 0 Å². The molecular formula is C17H13BrN4OS. The minimum absolute atomic E-state index is 0.145. The maximum atomic E-state index is 12.5. The molecule has 0 fully saturated rings. The molecule has 0 aliphatic carbocycles. The van der Waals surface area contributed by atoms with E-state index in [2.05, 4.69) is 37.9 Å². The summed E-state index contributed by atoms with van der Waals surface area (Å²) in [6.07, 6.45) is 5.92. The molecule has 0 saturated heterocycles. The third kappa shape index (κ3) is 2.59. The fourth-order valence-electron chi connectivity index (χ4n) is 2.57. The predicted molar refractivity (Wildman–Crippen MR) is 102 cm³/mol. The third-order valence-corrected chi connectivity index (χ3v) is 5.51. The zero-order valence-corrected chi connectivity index (χ0v) is 15.2. The van der Waals surface area contributed by atoms with Crippen molar-refractivity contribution in [1.82, 2.24) is 14.6 Å². The number of nitrogens with one attached hydrogen (secondary N) is 1. The zero-order valence-electron chi connectivity index (χ0n) is 12.8. The molecule has 4 rings (SSSR count). The number of H-pyrrole nitrogens is 1. The van der Waals surface area contributed by atoms with Gasteiger partial charge in [-0.25, -0.2) is 4.98 Å². The molecule has 24 heavy (non-hydrogen) atoms. The van der Waals surface area contributed by atoms with Gasteiger partial charge in [0.1, 0.15) is 11.2 Å². The van der Waals surface area contributed by atoms with Crippen molar-refractivity contribution in [2.24, 2.45) is 5.10 Å². The Kier molecular flexibility index (Phi) is 3.82. The van der Waals surface area contributed by atoms with Crippen LogP contribution in [-0.2, 0) is 6.42 Å². The number of thiophene rings is 1. The molecule has 4 aromatic rings. The monoisotopic (exact) mass is 400 g/mol. The van der Waals surface area contributed by atoms with Gasteiger partial charge in [-0.05, 0) is 30.7 Å². The first-order valence-electron chi connectivity index (χ1n) is 7.47. The molecule has 0 aliphatic heterocycles. The molecule has 0 unspecified atom stereocenters. The minimum Gasteiger partial charge on any atom is -0.361 e. The molecule has 1 aromatic carbocycles. The van der Waals surface area contributed by atoms with Crippen LogP contribution in [0.4, 0.5) is 0 Å². The van der Waals surface area contributed by atoms with Crippen LogP contribution >= 0.6 is 27.3 Å². The number of aromatic amines is 1. The summed E-state index contributed by atoms with van der Waals surface area (Å²) < 4.78 is 2.28. The van der Waals surface area contributed by atoms with E-state index < -0.39 is 0 Å². The van der Waals surface area contributed by atoms with Crippen LogP contribution in [0.1, 0.15) is 17.4 Å². The van der Waals surface area contributed by atoms with Gasteiger partial charge in [0.15, 0.2) is 0 Å². The SMILES string of the molecule is CCc1cc2c(=O)n(/N=C/c3c[nH]c4ccc(Br)cc34)cnc2s1. The summed E-state index contributed by atoms with van der Waals surface area (Å²) >= 11 is 5.03. The summed E-state index contributed by atoms with van der Waals surface area (Å²) in [6.45, 7) is 2.07. The van der Waals surface area contributed by atoms with E-state index in [9.17, 15) is 4.79 Å². The van der Waals surface area contributed by atoms with Crippen molar-refractivity contribution in [3.05, 3.63) is 62.1 Å². The summed E-state index contributed by atoms with van der Waals surface area (Å²) in [6, 6.07) is 7.89. The van der Waals surface area contributed by atoms with Crippen LogP contribution in [-0.4, -0.2) is 20.9 Å². The van der Waals surface area contributed by atoms with Crippen LogP contribution in [0.2, 0.25) is 0 Å². The van der Waals surface area contributed by atoms with E-state index in [1.54, 1.807) is 17.6 Å². The van der Waals surface area contributed by atoms with Crippen molar-refractivity contribution >= 4 is 54.6 Å². The topological polar surface area (TPSA) is 63.0 Å². The predicted octanol–water partition coefficient (Wildman–Crippen LogP) is 4.15. The summed E-state index contributed by atoms with van der Waals surface area (Å²) in [5.41, 5.74) is 1.79. The number of hydrogen-bond acceptors (Lipinski definition) is 4. The van der Waals surface area contributed by atoms with Gasteiger partial charge >= 0.3 is 0 Å². The lowest BCUT2D eigenvalue weighted by atomic mass is 10.2. The maximum Gasteiger partial charge on any atom is 0.282 e. The highest BCUT2D eigenvalue weighted by Gasteiger charge is 2.08. The molecule has 7 heteroatoms. The second-order valence-corrected chi connectivity index (χ2v) is 7.39. The van der Waals surface area contributed by atoms with E-state index >= 15 is 0 Å². The van der Waals surface area contributed by atoms with E-state index in [1.165, 1.54) is 11.0 Å². The highest BCUT2D eigenvalue weighted by molar-refractivity contribution is 9.10. The summed E-state index contributed by atoms with van der Waals surface area (Å²) in [5.74, 6) is 0. The van der Waals surface area contributed by atoms with Crippen LogP contribution in [0.5, 0.6) is 0 Å². The maximum absolute atomic E-state index is 12.5. The van der Waals surface area contributed by atoms with E-state index in [0.717, 1.165) is 37.1 Å². The fraction of sp³-hybridized carbons (Fsp3) is 0.118. The number of hydrogen-bond donors (Lipinski definition) is 1. The summed E-state index contributed by atoms with van der Waals surface area (Å²) in [5, 5.41) is 5.96. The van der Waals surface area contributed by atoms with E-state index in [4.69, 9.17) is 0 Å². The Labute approximate surface area is 149 Å². The summed E-state index contributed by atoms with van der Waals surface area (Å²) in [7, 11) is 0. The third-order valence-electron chi connectivity index (χ3n) is 3.83. The normalized spacial score (nSPS) is 11.9. The zero-order chi connectivity index (χ0) is 16.7. The molecule has 0 radical (unpaired) electrons. The van der Waals surface area contributed by atoms with Crippen LogP contribution < -0.4 is 5.56 Å². The Morgan fingerprint density at radius 2 is 2.25 bits per heavy atom. The molecule has 0 atom stereocenters. The first-order valence-corrected chi connectivity index (χ1v) is 9.07. The molecule has 3 aromatic heterocycles. The first-order chi connectivity index (χ1) is 11.7. The number of benzene rings is 1. The Hall–Kier alpha value is -2.25. The van der Waals surface area contributed by atoms with Gasteiger partial charge in [0.2, 0.25) is 0 Å². The Morgan fingerprint density at radius 3 is 3.08 bits per heavy atom. The molecule has 3 heterocycles. The Morgan fingerprint density at radius 1 is 1.38 bits per heavy atom. The van der Waals surface area contributed by atoms with E-state index in [0.29, 0.717) is 5.39 Å². The van der Waals surface area contributed by atoms with Gasteiger partial charge in [0.05, 0.1) is 11.6 Å². The minimum atomic E-state index is -0.145. The van der Waals surface area contributed by atoms with Crippen molar-refractivity contribution in [3.63, 3.8) is 0 Å². The number of rotatable bonds is 3. The number of halogens is 1. The van der Waals surface area contributed by atoms with Crippen molar-refractivity contribution in [3.8, 4) is 0 Å². The van der Waals surface area contributed by atoms with Crippen LogP contribution in [0.15, 0.2) is 51.2 Å². The number of aromatic nitrogens is 3. The lowest BCUT2D eigenvalue weighted by Gasteiger charge is -1.97. The van der Waals surface area contributed by atoms with Crippen LogP contribution in [0.25, 0.3) is 21.1 Å². The Bertz CT molecular complexity index is 1140. The number of nitrogens with zero attached hydrogens (tertiary/aromatic N) is 3. The molecule has 1 N–H and O–H groups in total. The average Bonchev–Trinajstić information content (AvgIpc) is 3.18. The van der Waals surface area contributed by atoms with Gasteiger partial charge < -0.3 is 4.98 Å².